The van der Waals surface area contributed by atoms with E-state index in [1.54, 1.807) is 41.8 Å². The number of anilines is 1. The van der Waals surface area contributed by atoms with Crippen molar-refractivity contribution in [2.75, 3.05) is 4.90 Å². The normalized spacial score (nSPS) is 17.2. The fourth-order valence-electron chi connectivity index (χ4n) is 3.07. The predicted octanol–water partition coefficient (Wildman–Crippen LogP) is 4.43. The van der Waals surface area contributed by atoms with E-state index in [4.69, 9.17) is 4.42 Å². The lowest BCUT2D eigenvalue weighted by molar-refractivity contribution is -0.117. The van der Waals surface area contributed by atoms with Gasteiger partial charge in [-0.2, -0.15) is 0 Å². The first kappa shape index (κ1) is 16.4. The summed E-state index contributed by atoms with van der Waals surface area (Å²) in [5.74, 6) is -1.11. The predicted molar refractivity (Wildman–Crippen MR) is 98.4 cm³/mol. The highest BCUT2D eigenvalue weighted by Gasteiger charge is 2.46. The maximum atomic E-state index is 13.0. The molecule has 0 radical (unpaired) electrons. The van der Waals surface area contributed by atoms with Crippen LogP contribution in [0.4, 0.5) is 5.69 Å². The molecule has 1 unspecified atom stereocenters. The van der Waals surface area contributed by atoms with Crippen molar-refractivity contribution < 1.29 is 19.1 Å². The second-order valence-corrected chi connectivity index (χ2v) is 6.95. The number of furan rings is 1. The summed E-state index contributed by atoms with van der Waals surface area (Å²) in [6, 6.07) is 13.3. The van der Waals surface area contributed by atoms with Gasteiger partial charge in [-0.05, 0) is 42.6 Å². The Labute approximate surface area is 153 Å². The lowest BCUT2D eigenvalue weighted by Gasteiger charge is -2.25. The third-order valence-corrected chi connectivity index (χ3v) is 5.19. The Balaban J connectivity index is 1.86. The van der Waals surface area contributed by atoms with Crippen LogP contribution in [-0.2, 0) is 4.79 Å². The Morgan fingerprint density at radius 2 is 1.92 bits per heavy atom. The Hall–Kier alpha value is -3.12. The molecule has 130 valence electrons. The second-order valence-electron chi connectivity index (χ2n) is 6.00. The smallest absolute Gasteiger partial charge is 0.294 e. The number of benzene rings is 1. The molecule has 1 aromatic carbocycles. The van der Waals surface area contributed by atoms with Crippen LogP contribution in [0.15, 0.2) is 75.9 Å². The zero-order valence-electron chi connectivity index (χ0n) is 13.9. The maximum Gasteiger partial charge on any atom is 0.294 e. The summed E-state index contributed by atoms with van der Waals surface area (Å²) in [6.45, 7) is 1.95. The summed E-state index contributed by atoms with van der Waals surface area (Å²) in [4.78, 5) is 27.6. The van der Waals surface area contributed by atoms with E-state index in [0.29, 0.717) is 16.3 Å². The fourth-order valence-corrected chi connectivity index (χ4v) is 3.74. The highest BCUT2D eigenvalue weighted by Crippen LogP contribution is 2.42. The number of aryl methyl sites for hydroxylation is 1. The number of rotatable bonds is 4. The van der Waals surface area contributed by atoms with E-state index in [9.17, 15) is 14.7 Å². The Kier molecular flexibility index (Phi) is 3.97. The zero-order chi connectivity index (χ0) is 18.3. The number of aliphatic hydroxyl groups is 1. The Morgan fingerprint density at radius 3 is 2.54 bits per heavy atom. The van der Waals surface area contributed by atoms with Gasteiger partial charge in [0.05, 0.1) is 16.7 Å². The van der Waals surface area contributed by atoms with E-state index in [-0.39, 0.29) is 11.4 Å². The molecule has 3 heterocycles. The largest absolute Gasteiger partial charge is 0.503 e. The number of nitrogens with zero attached hydrogens (tertiary/aromatic N) is 1. The van der Waals surface area contributed by atoms with Crippen molar-refractivity contribution in [1.29, 1.82) is 0 Å². The van der Waals surface area contributed by atoms with Crippen LogP contribution in [-0.4, -0.2) is 16.8 Å². The minimum absolute atomic E-state index is 0.0352. The molecular formula is C20H15NO4S. The third kappa shape index (κ3) is 2.55. The van der Waals surface area contributed by atoms with Gasteiger partial charge in [0.2, 0.25) is 5.78 Å². The average molecular weight is 365 g/mol. The first-order chi connectivity index (χ1) is 12.6. The van der Waals surface area contributed by atoms with E-state index >= 15 is 0 Å². The number of ketones is 1. The van der Waals surface area contributed by atoms with E-state index in [1.807, 2.05) is 19.1 Å². The van der Waals surface area contributed by atoms with Gasteiger partial charge < -0.3 is 9.52 Å². The molecule has 1 atom stereocenters. The van der Waals surface area contributed by atoms with Crippen LogP contribution in [0.1, 0.15) is 27.0 Å². The topological polar surface area (TPSA) is 70.8 Å². The van der Waals surface area contributed by atoms with Gasteiger partial charge in [-0.15, -0.1) is 11.3 Å². The summed E-state index contributed by atoms with van der Waals surface area (Å²) in [7, 11) is 0. The molecule has 1 N–H and O–H groups in total. The molecule has 1 aliphatic rings. The zero-order valence-corrected chi connectivity index (χ0v) is 14.7. The van der Waals surface area contributed by atoms with Gasteiger partial charge in [-0.25, -0.2) is 0 Å². The minimum atomic E-state index is -0.810. The molecule has 0 saturated heterocycles. The lowest BCUT2D eigenvalue weighted by Crippen LogP contribution is -2.30. The van der Waals surface area contributed by atoms with Crippen molar-refractivity contribution in [2.45, 2.75) is 13.0 Å². The number of carbonyl (C=O) groups is 2. The Bertz CT molecular complexity index is 985. The summed E-state index contributed by atoms with van der Waals surface area (Å²) < 4.78 is 5.50. The molecule has 0 spiro atoms. The van der Waals surface area contributed by atoms with Gasteiger partial charge in [0, 0.05) is 5.69 Å². The quantitative estimate of drug-likeness (QED) is 0.694. The van der Waals surface area contributed by atoms with Crippen molar-refractivity contribution in [1.82, 2.24) is 0 Å². The van der Waals surface area contributed by atoms with Crippen LogP contribution < -0.4 is 4.90 Å². The summed E-state index contributed by atoms with van der Waals surface area (Å²) >= 11 is 1.26. The van der Waals surface area contributed by atoms with Gasteiger partial charge in [0.1, 0.15) is 11.8 Å². The van der Waals surface area contributed by atoms with E-state index < -0.39 is 17.7 Å². The summed E-state index contributed by atoms with van der Waals surface area (Å²) in [5, 5.41) is 12.3. The van der Waals surface area contributed by atoms with Crippen molar-refractivity contribution in [2.24, 2.45) is 0 Å². The molecule has 0 bridgehead atoms. The number of aliphatic hydroxyl groups excluding tert-OH is 1. The van der Waals surface area contributed by atoms with Gasteiger partial charge in [0.25, 0.3) is 5.91 Å². The maximum absolute atomic E-state index is 13.0. The standard InChI is InChI=1S/C20H15NO4S/c1-12-6-8-13(9-7-12)21-17(14-4-2-10-25-14)16(19(23)20(21)24)18(22)15-5-3-11-26-15/h2-11,17,23H,1H3. The van der Waals surface area contributed by atoms with Gasteiger partial charge in [-0.3, -0.25) is 14.5 Å². The summed E-state index contributed by atoms with van der Waals surface area (Å²) in [5.41, 5.74) is 1.66. The number of hydrogen-bond acceptors (Lipinski definition) is 5. The molecule has 0 saturated carbocycles. The molecule has 3 aromatic rings. The monoisotopic (exact) mass is 365 g/mol. The lowest BCUT2D eigenvalue weighted by atomic mass is 10.00. The van der Waals surface area contributed by atoms with Crippen molar-refractivity contribution in [3.8, 4) is 0 Å². The molecule has 1 amide bonds. The van der Waals surface area contributed by atoms with Crippen LogP contribution in [0.5, 0.6) is 0 Å². The minimum Gasteiger partial charge on any atom is -0.503 e. The van der Waals surface area contributed by atoms with E-state index in [2.05, 4.69) is 0 Å². The number of carbonyl (C=O) groups excluding carboxylic acids is 2. The molecule has 0 aliphatic carbocycles. The van der Waals surface area contributed by atoms with Crippen LogP contribution >= 0.6 is 11.3 Å². The average Bonchev–Trinajstić information content (AvgIpc) is 3.38. The van der Waals surface area contributed by atoms with Crippen molar-refractivity contribution >= 4 is 28.7 Å². The number of thiophene rings is 1. The van der Waals surface area contributed by atoms with Crippen LogP contribution in [0.2, 0.25) is 0 Å². The van der Waals surface area contributed by atoms with Crippen molar-refractivity contribution in [3.63, 3.8) is 0 Å². The van der Waals surface area contributed by atoms with E-state index in [0.717, 1.165) is 5.56 Å². The van der Waals surface area contributed by atoms with E-state index in [1.165, 1.54) is 22.5 Å². The fraction of sp³-hybridized carbons (Fsp3) is 0.100. The van der Waals surface area contributed by atoms with Gasteiger partial charge in [0.15, 0.2) is 5.76 Å². The van der Waals surface area contributed by atoms with Crippen LogP contribution in [0.25, 0.3) is 0 Å². The molecular weight excluding hydrogens is 350 g/mol. The molecule has 1 aliphatic heterocycles. The molecule has 6 heteroatoms. The SMILES string of the molecule is Cc1ccc(N2C(=O)C(O)=C(C(=O)c3cccs3)C2c2ccco2)cc1. The number of hydrogen-bond donors (Lipinski definition) is 1. The molecule has 4 rings (SSSR count). The first-order valence-corrected chi connectivity index (χ1v) is 8.91. The summed E-state index contributed by atoms with van der Waals surface area (Å²) in [6.07, 6.45) is 1.48. The van der Waals surface area contributed by atoms with Gasteiger partial charge in [-0.1, -0.05) is 23.8 Å². The highest BCUT2D eigenvalue weighted by molar-refractivity contribution is 7.12. The molecule has 26 heavy (non-hydrogen) atoms. The molecule has 2 aromatic heterocycles. The molecule has 0 fully saturated rings. The van der Waals surface area contributed by atoms with Crippen molar-refractivity contribution in [3.05, 3.63) is 87.7 Å². The number of amides is 1. The van der Waals surface area contributed by atoms with Crippen LogP contribution in [0, 0.1) is 6.92 Å². The van der Waals surface area contributed by atoms with Crippen LogP contribution in [0.3, 0.4) is 0 Å². The highest BCUT2D eigenvalue weighted by atomic mass is 32.1. The Morgan fingerprint density at radius 1 is 1.15 bits per heavy atom. The third-order valence-electron chi connectivity index (χ3n) is 4.32. The second kappa shape index (κ2) is 6.31. The molecule has 5 nitrogen and oxygen atoms in total. The number of Topliss-reactive ketones (excluding diaryl/α,β-unsaturated/α-hetero) is 1. The van der Waals surface area contributed by atoms with Gasteiger partial charge >= 0.3 is 0 Å². The first-order valence-electron chi connectivity index (χ1n) is 8.03.